The van der Waals surface area contributed by atoms with E-state index in [1.54, 1.807) is 6.26 Å². The Morgan fingerprint density at radius 1 is 1.64 bits per heavy atom. The van der Waals surface area contributed by atoms with Gasteiger partial charge in [-0.25, -0.2) is 4.98 Å². The summed E-state index contributed by atoms with van der Waals surface area (Å²) >= 11 is 0. The lowest BCUT2D eigenvalue weighted by atomic mass is 10.1. The molecule has 1 N–H and O–H groups in total. The lowest BCUT2D eigenvalue weighted by Gasteiger charge is -1.99. The maximum atomic E-state index is 5.43. The summed E-state index contributed by atoms with van der Waals surface area (Å²) in [4.78, 5) is 4.44. The third kappa shape index (κ3) is 2.13. The maximum Gasteiger partial charge on any atom is 0.199 e. The second kappa shape index (κ2) is 4.57. The van der Waals surface area contributed by atoms with Crippen LogP contribution in [0.1, 0.15) is 23.9 Å². The van der Waals surface area contributed by atoms with Crippen LogP contribution >= 0.6 is 0 Å². The second-order valence-electron chi connectivity index (χ2n) is 3.59. The van der Waals surface area contributed by atoms with Crippen LogP contribution < -0.4 is 5.32 Å². The number of nitrogens with one attached hydrogen (secondary N) is 1. The van der Waals surface area contributed by atoms with E-state index >= 15 is 0 Å². The predicted molar refractivity (Wildman–Crippen MR) is 52.3 cm³/mol. The molecule has 0 radical (unpaired) electrons. The Bertz CT molecular complexity index is 279. The van der Waals surface area contributed by atoms with Gasteiger partial charge in [-0.1, -0.05) is 0 Å². The van der Waals surface area contributed by atoms with E-state index in [1.807, 2.05) is 7.05 Å². The van der Waals surface area contributed by atoms with Crippen molar-refractivity contribution in [2.45, 2.75) is 18.8 Å². The van der Waals surface area contributed by atoms with Crippen molar-refractivity contribution in [2.75, 3.05) is 26.8 Å². The Hall–Kier alpha value is -0.870. The highest BCUT2D eigenvalue weighted by atomic mass is 16.5. The van der Waals surface area contributed by atoms with Gasteiger partial charge in [0.2, 0.25) is 0 Å². The summed E-state index contributed by atoms with van der Waals surface area (Å²) in [5.74, 6) is 1.21. The van der Waals surface area contributed by atoms with Crippen LogP contribution in [0.2, 0.25) is 0 Å². The van der Waals surface area contributed by atoms with Crippen LogP contribution in [0.25, 0.3) is 0 Å². The van der Waals surface area contributed by atoms with Crippen molar-refractivity contribution in [2.24, 2.45) is 0 Å². The number of rotatable bonds is 4. The van der Waals surface area contributed by atoms with Crippen molar-refractivity contribution in [1.29, 1.82) is 0 Å². The third-order valence-electron chi connectivity index (χ3n) is 2.48. The van der Waals surface area contributed by atoms with Crippen LogP contribution in [0.3, 0.4) is 0 Å². The quantitative estimate of drug-likeness (QED) is 0.778. The van der Waals surface area contributed by atoms with E-state index in [4.69, 9.17) is 9.15 Å². The minimum absolute atomic E-state index is 0.373. The molecule has 0 amide bonds. The molecule has 1 fully saturated rings. The average Bonchev–Trinajstić information content (AvgIpc) is 2.85. The van der Waals surface area contributed by atoms with Gasteiger partial charge in [0.15, 0.2) is 5.89 Å². The number of likely N-dealkylation sites (N-methyl/N-ethyl adjacent to an activating group) is 1. The van der Waals surface area contributed by atoms with Gasteiger partial charge in [-0.3, -0.25) is 0 Å². The molecule has 4 nitrogen and oxygen atoms in total. The van der Waals surface area contributed by atoms with Crippen molar-refractivity contribution in [1.82, 2.24) is 10.3 Å². The zero-order chi connectivity index (χ0) is 9.80. The van der Waals surface area contributed by atoms with Gasteiger partial charge in [0, 0.05) is 19.6 Å². The SMILES string of the molecule is CNCCc1coc(C2CCOC2)n1. The van der Waals surface area contributed by atoms with Crippen molar-refractivity contribution in [3.8, 4) is 0 Å². The first kappa shape index (κ1) is 9.68. The smallest absolute Gasteiger partial charge is 0.199 e. The van der Waals surface area contributed by atoms with E-state index in [0.29, 0.717) is 5.92 Å². The molecule has 1 unspecified atom stereocenters. The lowest BCUT2D eigenvalue weighted by molar-refractivity contribution is 0.190. The summed E-state index contributed by atoms with van der Waals surface area (Å²) in [7, 11) is 1.94. The maximum absolute atomic E-state index is 5.43. The number of hydrogen-bond acceptors (Lipinski definition) is 4. The average molecular weight is 196 g/mol. The topological polar surface area (TPSA) is 47.3 Å². The van der Waals surface area contributed by atoms with Gasteiger partial charge < -0.3 is 14.5 Å². The Balaban J connectivity index is 1.94. The molecule has 1 saturated heterocycles. The van der Waals surface area contributed by atoms with E-state index < -0.39 is 0 Å². The van der Waals surface area contributed by atoms with Gasteiger partial charge >= 0.3 is 0 Å². The summed E-state index contributed by atoms with van der Waals surface area (Å²) in [5.41, 5.74) is 1.03. The van der Waals surface area contributed by atoms with E-state index in [-0.39, 0.29) is 0 Å². The van der Waals surface area contributed by atoms with E-state index in [2.05, 4.69) is 10.3 Å². The molecule has 1 atom stereocenters. The Morgan fingerprint density at radius 2 is 2.57 bits per heavy atom. The zero-order valence-electron chi connectivity index (χ0n) is 8.45. The van der Waals surface area contributed by atoms with Crippen LogP contribution in [0.4, 0.5) is 0 Å². The molecule has 2 rings (SSSR count). The van der Waals surface area contributed by atoms with Crippen LogP contribution in [0.15, 0.2) is 10.7 Å². The number of aromatic nitrogens is 1. The van der Waals surface area contributed by atoms with Crippen molar-refractivity contribution < 1.29 is 9.15 Å². The van der Waals surface area contributed by atoms with Gasteiger partial charge in [0.1, 0.15) is 6.26 Å². The molecule has 78 valence electrons. The van der Waals surface area contributed by atoms with E-state index in [0.717, 1.165) is 44.2 Å². The van der Waals surface area contributed by atoms with Gasteiger partial charge in [-0.15, -0.1) is 0 Å². The highest BCUT2D eigenvalue weighted by Crippen LogP contribution is 2.24. The molecule has 0 bridgehead atoms. The highest BCUT2D eigenvalue weighted by Gasteiger charge is 2.22. The molecular weight excluding hydrogens is 180 g/mol. The molecule has 1 aromatic heterocycles. The predicted octanol–water partition coefficient (Wildman–Crippen LogP) is 0.940. The molecule has 0 spiro atoms. The van der Waals surface area contributed by atoms with Gasteiger partial charge in [0.25, 0.3) is 0 Å². The number of oxazole rings is 1. The number of hydrogen-bond donors (Lipinski definition) is 1. The first-order valence-electron chi connectivity index (χ1n) is 5.07. The highest BCUT2D eigenvalue weighted by molar-refractivity contribution is 5.02. The van der Waals surface area contributed by atoms with Crippen LogP contribution in [0.5, 0.6) is 0 Å². The minimum atomic E-state index is 0.373. The van der Waals surface area contributed by atoms with Crippen LogP contribution in [0, 0.1) is 0 Å². The lowest BCUT2D eigenvalue weighted by Crippen LogP contribution is -2.10. The van der Waals surface area contributed by atoms with Gasteiger partial charge in [-0.2, -0.15) is 0 Å². The van der Waals surface area contributed by atoms with Crippen molar-refractivity contribution in [3.05, 3.63) is 17.8 Å². The molecule has 2 heterocycles. The Labute approximate surface area is 83.7 Å². The van der Waals surface area contributed by atoms with Crippen molar-refractivity contribution >= 4 is 0 Å². The van der Waals surface area contributed by atoms with Crippen molar-refractivity contribution in [3.63, 3.8) is 0 Å². The molecular formula is C10H16N2O2. The minimum Gasteiger partial charge on any atom is -0.448 e. The fraction of sp³-hybridized carbons (Fsp3) is 0.700. The van der Waals surface area contributed by atoms with E-state index in [9.17, 15) is 0 Å². The van der Waals surface area contributed by atoms with Gasteiger partial charge in [0.05, 0.1) is 18.2 Å². The number of nitrogens with zero attached hydrogens (tertiary/aromatic N) is 1. The molecule has 1 aliphatic rings. The standard InChI is InChI=1S/C10H16N2O2/c1-11-4-2-9-7-14-10(12-9)8-3-5-13-6-8/h7-8,11H,2-6H2,1H3. The monoisotopic (exact) mass is 196 g/mol. The van der Waals surface area contributed by atoms with E-state index in [1.165, 1.54) is 0 Å². The fourth-order valence-electron chi connectivity index (χ4n) is 1.61. The molecule has 1 aliphatic heterocycles. The Morgan fingerprint density at radius 3 is 3.29 bits per heavy atom. The third-order valence-corrected chi connectivity index (χ3v) is 2.48. The van der Waals surface area contributed by atoms with Gasteiger partial charge in [-0.05, 0) is 13.5 Å². The zero-order valence-corrected chi connectivity index (χ0v) is 8.45. The summed E-state index contributed by atoms with van der Waals surface area (Å²) in [6.45, 7) is 2.53. The normalized spacial score (nSPS) is 21.6. The fourth-order valence-corrected chi connectivity index (χ4v) is 1.61. The second-order valence-corrected chi connectivity index (χ2v) is 3.59. The first-order chi connectivity index (χ1) is 6.90. The molecule has 14 heavy (non-hydrogen) atoms. The molecule has 4 heteroatoms. The summed E-state index contributed by atoms with van der Waals surface area (Å²) in [5, 5.41) is 3.09. The molecule has 0 saturated carbocycles. The molecule has 1 aromatic rings. The summed E-state index contributed by atoms with van der Waals surface area (Å²) < 4.78 is 10.7. The van der Waals surface area contributed by atoms with Crippen LogP contribution in [-0.2, 0) is 11.2 Å². The van der Waals surface area contributed by atoms with Crippen LogP contribution in [-0.4, -0.2) is 31.8 Å². The molecule has 0 aromatic carbocycles. The largest absolute Gasteiger partial charge is 0.448 e. The summed E-state index contributed by atoms with van der Waals surface area (Å²) in [6.07, 6.45) is 3.71. The molecule has 0 aliphatic carbocycles. The summed E-state index contributed by atoms with van der Waals surface area (Å²) in [6, 6.07) is 0. The Kier molecular flexibility index (Phi) is 3.16. The first-order valence-corrected chi connectivity index (χ1v) is 5.07. The number of ether oxygens (including phenoxy) is 1.